The quantitative estimate of drug-likeness (QED) is 0.605. The van der Waals surface area contributed by atoms with Crippen molar-refractivity contribution in [1.29, 1.82) is 0 Å². The smallest absolute Gasteiger partial charge is 0.236 e. The van der Waals surface area contributed by atoms with Crippen LogP contribution in [0.4, 0.5) is 0 Å². The van der Waals surface area contributed by atoms with Crippen LogP contribution in [0, 0.1) is 0 Å². The summed E-state index contributed by atoms with van der Waals surface area (Å²) in [4.78, 5) is 13.6. The molecular formula is C9H19N3O. The number of likely N-dealkylation sites (N-methyl/N-ethyl adjacent to an activating group) is 1. The zero-order valence-corrected chi connectivity index (χ0v) is 8.47. The van der Waals surface area contributed by atoms with E-state index in [0.717, 1.165) is 32.6 Å². The second-order valence-corrected chi connectivity index (χ2v) is 3.43. The highest BCUT2D eigenvalue weighted by Gasteiger charge is 2.20. The van der Waals surface area contributed by atoms with E-state index in [1.54, 1.807) is 7.05 Å². The van der Waals surface area contributed by atoms with Gasteiger partial charge < -0.3 is 10.6 Å². The SMILES string of the molecule is CNC(=O)C(C)N1CCCNCC1. The van der Waals surface area contributed by atoms with Crippen molar-refractivity contribution in [3.8, 4) is 0 Å². The molecule has 76 valence electrons. The Balaban J connectivity index is 2.43. The Kier molecular flexibility index (Phi) is 4.18. The van der Waals surface area contributed by atoms with E-state index in [2.05, 4.69) is 15.5 Å². The van der Waals surface area contributed by atoms with Crippen molar-refractivity contribution < 1.29 is 4.79 Å². The normalized spacial score (nSPS) is 22.0. The van der Waals surface area contributed by atoms with Crippen LogP contribution < -0.4 is 10.6 Å². The first kappa shape index (κ1) is 10.5. The summed E-state index contributed by atoms with van der Waals surface area (Å²) >= 11 is 0. The fourth-order valence-electron chi connectivity index (χ4n) is 1.63. The van der Waals surface area contributed by atoms with Crippen molar-refractivity contribution in [3.05, 3.63) is 0 Å². The van der Waals surface area contributed by atoms with E-state index in [1.807, 2.05) is 6.92 Å². The molecule has 0 aliphatic carbocycles. The molecule has 0 aromatic rings. The van der Waals surface area contributed by atoms with Crippen molar-refractivity contribution in [2.24, 2.45) is 0 Å². The molecule has 2 N–H and O–H groups in total. The summed E-state index contributed by atoms with van der Waals surface area (Å²) < 4.78 is 0. The summed E-state index contributed by atoms with van der Waals surface area (Å²) in [7, 11) is 1.69. The van der Waals surface area contributed by atoms with Crippen molar-refractivity contribution in [3.63, 3.8) is 0 Å². The van der Waals surface area contributed by atoms with Crippen LogP contribution in [0.25, 0.3) is 0 Å². The Bertz CT molecular complexity index is 164. The first-order valence-corrected chi connectivity index (χ1v) is 4.92. The molecule has 4 nitrogen and oxygen atoms in total. The molecule has 0 saturated carbocycles. The predicted octanol–water partition coefficient (Wildman–Crippen LogP) is -0.584. The highest BCUT2D eigenvalue weighted by Crippen LogP contribution is 2.02. The van der Waals surface area contributed by atoms with Gasteiger partial charge in [-0.1, -0.05) is 0 Å². The second-order valence-electron chi connectivity index (χ2n) is 3.43. The van der Waals surface area contributed by atoms with Crippen LogP contribution in [0.1, 0.15) is 13.3 Å². The largest absolute Gasteiger partial charge is 0.358 e. The van der Waals surface area contributed by atoms with Crippen molar-refractivity contribution >= 4 is 5.91 Å². The lowest BCUT2D eigenvalue weighted by atomic mass is 10.2. The summed E-state index contributed by atoms with van der Waals surface area (Å²) in [6, 6.07) is 0.00454. The second kappa shape index (κ2) is 5.19. The standard InChI is InChI=1S/C9H19N3O/c1-8(9(13)10-2)12-6-3-4-11-5-7-12/h8,11H,3-7H2,1-2H3,(H,10,13). The molecule has 0 spiro atoms. The highest BCUT2D eigenvalue weighted by molar-refractivity contribution is 5.80. The predicted molar refractivity (Wildman–Crippen MR) is 52.6 cm³/mol. The van der Waals surface area contributed by atoms with Gasteiger partial charge in [0, 0.05) is 26.7 Å². The minimum Gasteiger partial charge on any atom is -0.358 e. The van der Waals surface area contributed by atoms with Crippen molar-refractivity contribution in [2.45, 2.75) is 19.4 Å². The highest BCUT2D eigenvalue weighted by atomic mass is 16.2. The maximum absolute atomic E-state index is 11.4. The zero-order valence-electron chi connectivity index (χ0n) is 8.47. The summed E-state index contributed by atoms with van der Waals surface area (Å²) in [5, 5.41) is 6.00. The maximum atomic E-state index is 11.4. The molecule has 1 saturated heterocycles. The van der Waals surface area contributed by atoms with E-state index in [1.165, 1.54) is 0 Å². The monoisotopic (exact) mass is 185 g/mol. The third-order valence-electron chi connectivity index (χ3n) is 2.55. The number of hydrogen-bond donors (Lipinski definition) is 2. The number of nitrogens with one attached hydrogen (secondary N) is 2. The van der Waals surface area contributed by atoms with Gasteiger partial charge in [-0.05, 0) is 19.9 Å². The first-order valence-electron chi connectivity index (χ1n) is 4.92. The van der Waals surface area contributed by atoms with Gasteiger partial charge in [0.1, 0.15) is 0 Å². The van der Waals surface area contributed by atoms with E-state index < -0.39 is 0 Å². The topological polar surface area (TPSA) is 44.4 Å². The molecule has 1 heterocycles. The van der Waals surface area contributed by atoms with Gasteiger partial charge >= 0.3 is 0 Å². The molecule has 1 amide bonds. The first-order chi connectivity index (χ1) is 6.25. The summed E-state index contributed by atoms with van der Waals surface area (Å²) in [6.45, 7) is 6.00. The average molecular weight is 185 g/mol. The molecule has 1 fully saturated rings. The van der Waals surface area contributed by atoms with Gasteiger partial charge in [-0.25, -0.2) is 0 Å². The van der Waals surface area contributed by atoms with Gasteiger partial charge in [0.2, 0.25) is 5.91 Å². The summed E-state index contributed by atoms with van der Waals surface area (Å²) in [5.41, 5.74) is 0. The minimum absolute atomic E-state index is 0.00454. The van der Waals surface area contributed by atoms with Crippen LogP contribution in [0.3, 0.4) is 0 Å². The number of amides is 1. The molecule has 13 heavy (non-hydrogen) atoms. The maximum Gasteiger partial charge on any atom is 0.236 e. The van der Waals surface area contributed by atoms with Gasteiger partial charge in [-0.3, -0.25) is 9.69 Å². The molecule has 4 heteroatoms. The number of rotatable bonds is 2. The molecular weight excluding hydrogens is 166 g/mol. The molecule has 0 radical (unpaired) electrons. The van der Waals surface area contributed by atoms with E-state index in [0.29, 0.717) is 0 Å². The van der Waals surface area contributed by atoms with E-state index >= 15 is 0 Å². The Morgan fingerprint density at radius 2 is 2.23 bits per heavy atom. The molecule has 1 aliphatic rings. The molecule has 0 bridgehead atoms. The Morgan fingerprint density at radius 3 is 2.92 bits per heavy atom. The Labute approximate surface area is 79.7 Å². The fourth-order valence-corrected chi connectivity index (χ4v) is 1.63. The van der Waals surface area contributed by atoms with Crippen LogP contribution in [0.5, 0.6) is 0 Å². The van der Waals surface area contributed by atoms with Crippen LogP contribution >= 0.6 is 0 Å². The number of carbonyl (C=O) groups is 1. The molecule has 1 aliphatic heterocycles. The van der Waals surface area contributed by atoms with Crippen LogP contribution in [0.2, 0.25) is 0 Å². The van der Waals surface area contributed by atoms with Crippen molar-refractivity contribution in [1.82, 2.24) is 15.5 Å². The van der Waals surface area contributed by atoms with Gasteiger partial charge in [0.15, 0.2) is 0 Å². The lowest BCUT2D eigenvalue weighted by molar-refractivity contribution is -0.125. The Morgan fingerprint density at radius 1 is 1.46 bits per heavy atom. The van der Waals surface area contributed by atoms with Gasteiger partial charge in [0.05, 0.1) is 6.04 Å². The van der Waals surface area contributed by atoms with Gasteiger partial charge in [0.25, 0.3) is 0 Å². The summed E-state index contributed by atoms with van der Waals surface area (Å²) in [5.74, 6) is 0.113. The van der Waals surface area contributed by atoms with E-state index in [9.17, 15) is 4.79 Å². The average Bonchev–Trinajstić information content (AvgIpc) is 2.43. The molecule has 0 aromatic heterocycles. The van der Waals surface area contributed by atoms with Crippen LogP contribution in [-0.2, 0) is 4.79 Å². The van der Waals surface area contributed by atoms with Crippen LogP contribution in [0.15, 0.2) is 0 Å². The Hall–Kier alpha value is -0.610. The van der Waals surface area contributed by atoms with E-state index in [4.69, 9.17) is 0 Å². The van der Waals surface area contributed by atoms with E-state index in [-0.39, 0.29) is 11.9 Å². The minimum atomic E-state index is 0.00454. The van der Waals surface area contributed by atoms with Crippen LogP contribution in [-0.4, -0.2) is 50.1 Å². The lowest BCUT2D eigenvalue weighted by Gasteiger charge is -2.25. The fraction of sp³-hybridized carbons (Fsp3) is 0.889. The zero-order chi connectivity index (χ0) is 9.68. The third kappa shape index (κ3) is 2.97. The van der Waals surface area contributed by atoms with Gasteiger partial charge in [-0.2, -0.15) is 0 Å². The molecule has 0 aromatic carbocycles. The van der Waals surface area contributed by atoms with Gasteiger partial charge in [-0.15, -0.1) is 0 Å². The number of carbonyl (C=O) groups excluding carboxylic acids is 1. The third-order valence-corrected chi connectivity index (χ3v) is 2.55. The van der Waals surface area contributed by atoms with Crippen molar-refractivity contribution in [2.75, 3.05) is 33.2 Å². The number of nitrogens with zero attached hydrogens (tertiary/aromatic N) is 1. The lowest BCUT2D eigenvalue weighted by Crippen LogP contribution is -2.45. The summed E-state index contributed by atoms with van der Waals surface area (Å²) in [6.07, 6.45) is 1.13. The molecule has 1 rings (SSSR count). The molecule has 1 atom stereocenters. The molecule has 1 unspecified atom stereocenters. The number of hydrogen-bond acceptors (Lipinski definition) is 3.